The molecule has 2 rings (SSSR count). The third kappa shape index (κ3) is 1.94. The minimum absolute atomic E-state index is 0.0946. The topological polar surface area (TPSA) is 47.3 Å². The van der Waals surface area contributed by atoms with Crippen LogP contribution in [0.5, 0.6) is 5.88 Å². The molecular formula is C8H9F2IN2O2. The summed E-state index contributed by atoms with van der Waals surface area (Å²) < 4.78 is 31.8. The van der Waals surface area contributed by atoms with Crippen LogP contribution < -0.4 is 4.74 Å². The van der Waals surface area contributed by atoms with E-state index < -0.39 is 12.0 Å². The second-order valence-electron chi connectivity index (χ2n) is 3.75. The summed E-state index contributed by atoms with van der Waals surface area (Å²) in [6, 6.07) is 0. The number of ether oxygens (including phenoxy) is 1. The van der Waals surface area contributed by atoms with Crippen LogP contribution in [0.15, 0.2) is 0 Å². The summed E-state index contributed by atoms with van der Waals surface area (Å²) in [5.74, 6) is 0.317. The van der Waals surface area contributed by atoms with Gasteiger partial charge in [-0.05, 0) is 29.5 Å². The first-order valence-corrected chi connectivity index (χ1v) is 5.38. The normalized spacial score (nSPS) is 25.2. The van der Waals surface area contributed by atoms with Crippen molar-refractivity contribution in [1.82, 2.24) is 9.78 Å². The van der Waals surface area contributed by atoms with Crippen LogP contribution in [-0.4, -0.2) is 27.1 Å². The summed E-state index contributed by atoms with van der Waals surface area (Å²) in [4.78, 5) is 0. The molecule has 0 aliphatic carbocycles. The zero-order chi connectivity index (χ0) is 11.2. The molecule has 0 unspecified atom stereocenters. The van der Waals surface area contributed by atoms with Gasteiger partial charge in [-0.3, -0.25) is 0 Å². The van der Waals surface area contributed by atoms with Crippen LogP contribution in [-0.2, 0) is 6.54 Å². The quantitative estimate of drug-likeness (QED) is 0.795. The van der Waals surface area contributed by atoms with Crippen molar-refractivity contribution >= 4 is 22.6 Å². The first-order chi connectivity index (χ1) is 6.91. The second-order valence-corrected chi connectivity index (χ2v) is 4.83. The van der Waals surface area contributed by atoms with Gasteiger partial charge in [0, 0.05) is 0 Å². The highest BCUT2D eigenvalue weighted by Crippen LogP contribution is 2.34. The lowest BCUT2D eigenvalue weighted by Crippen LogP contribution is -2.41. The largest absolute Gasteiger partial charge is 0.474 e. The maximum Gasteiger partial charge on any atom is 0.283 e. The van der Waals surface area contributed by atoms with E-state index in [1.165, 1.54) is 4.68 Å². The van der Waals surface area contributed by atoms with Crippen LogP contribution in [0.3, 0.4) is 0 Å². The smallest absolute Gasteiger partial charge is 0.283 e. The average molecular weight is 330 g/mol. The molecule has 0 amide bonds. The minimum Gasteiger partial charge on any atom is -0.474 e. The maximum atomic E-state index is 12.5. The molecule has 1 aliphatic rings. The number of alkyl halides is 2. The summed E-state index contributed by atoms with van der Waals surface area (Å²) in [7, 11) is 0. The molecule has 0 bridgehead atoms. The number of nitrogens with zero attached hydrogens (tertiary/aromatic N) is 2. The Morgan fingerprint density at radius 1 is 1.67 bits per heavy atom. The second kappa shape index (κ2) is 3.55. The fraction of sp³-hybridized carbons (Fsp3) is 0.625. The van der Waals surface area contributed by atoms with Crippen LogP contribution in [0.2, 0.25) is 0 Å². The Morgan fingerprint density at radius 3 is 2.93 bits per heavy atom. The van der Waals surface area contributed by atoms with E-state index in [1.807, 2.05) is 0 Å². The monoisotopic (exact) mass is 330 g/mol. The van der Waals surface area contributed by atoms with Crippen LogP contribution in [0.1, 0.15) is 19.0 Å². The van der Waals surface area contributed by atoms with Gasteiger partial charge in [0.05, 0.1) is 6.54 Å². The van der Waals surface area contributed by atoms with Crippen molar-refractivity contribution in [1.29, 1.82) is 0 Å². The van der Waals surface area contributed by atoms with Crippen LogP contribution in [0.25, 0.3) is 0 Å². The summed E-state index contributed by atoms with van der Waals surface area (Å²) in [5, 5.41) is 13.4. The highest BCUT2D eigenvalue weighted by Gasteiger charge is 2.33. The molecular weight excluding hydrogens is 321 g/mol. The molecule has 2 heterocycles. The summed E-state index contributed by atoms with van der Waals surface area (Å²) in [6.45, 7) is 1.84. The molecule has 0 aromatic carbocycles. The maximum absolute atomic E-state index is 12.5. The Hall–Kier alpha value is -0.440. The number of rotatable bonds is 1. The van der Waals surface area contributed by atoms with Gasteiger partial charge < -0.3 is 9.84 Å². The zero-order valence-corrected chi connectivity index (χ0v) is 10.0. The first kappa shape index (κ1) is 11.1. The Balaban J connectivity index is 2.41. The number of fused-ring (bicyclic) bond motifs is 1. The molecule has 1 N–H and O–H groups in total. The Bertz CT molecular complexity index is 392. The van der Waals surface area contributed by atoms with Gasteiger partial charge in [-0.1, -0.05) is 0 Å². The molecule has 15 heavy (non-hydrogen) atoms. The Morgan fingerprint density at radius 2 is 2.33 bits per heavy atom. The predicted molar refractivity (Wildman–Crippen MR) is 56.0 cm³/mol. The number of halogens is 3. The molecule has 0 fully saturated rings. The molecule has 7 heteroatoms. The van der Waals surface area contributed by atoms with E-state index in [9.17, 15) is 13.9 Å². The third-order valence-corrected chi connectivity index (χ3v) is 3.11. The number of aliphatic hydroxyl groups is 1. The van der Waals surface area contributed by atoms with Crippen LogP contribution in [0.4, 0.5) is 8.78 Å². The van der Waals surface area contributed by atoms with Crippen molar-refractivity contribution in [2.45, 2.75) is 25.5 Å². The van der Waals surface area contributed by atoms with Crippen molar-refractivity contribution < 1.29 is 18.6 Å². The van der Waals surface area contributed by atoms with Gasteiger partial charge in [0.15, 0.2) is 0 Å². The molecule has 4 nitrogen and oxygen atoms in total. The lowest BCUT2D eigenvalue weighted by atomic mass is 10.1. The Kier molecular flexibility index (Phi) is 2.61. The molecule has 0 saturated carbocycles. The van der Waals surface area contributed by atoms with Crippen molar-refractivity contribution in [2.75, 3.05) is 6.61 Å². The van der Waals surface area contributed by atoms with Gasteiger partial charge >= 0.3 is 0 Å². The third-order valence-electron chi connectivity index (χ3n) is 2.09. The number of hydrogen-bond donors (Lipinski definition) is 1. The fourth-order valence-electron chi connectivity index (χ4n) is 1.42. The zero-order valence-electron chi connectivity index (χ0n) is 7.88. The SMILES string of the molecule is C[C@@]1(O)COc2c(I)c(C(F)F)nn2C1. The number of hydrogen-bond acceptors (Lipinski definition) is 3. The highest BCUT2D eigenvalue weighted by atomic mass is 127. The van der Waals surface area contributed by atoms with Crippen molar-refractivity contribution in [3.63, 3.8) is 0 Å². The first-order valence-electron chi connectivity index (χ1n) is 4.30. The summed E-state index contributed by atoms with van der Waals surface area (Å²) >= 11 is 1.78. The van der Waals surface area contributed by atoms with Crippen molar-refractivity contribution in [3.05, 3.63) is 9.26 Å². The number of aromatic nitrogens is 2. The molecule has 84 valence electrons. The Labute approximate surface area is 98.4 Å². The molecule has 1 aromatic heterocycles. The van der Waals surface area contributed by atoms with E-state index in [0.717, 1.165) is 0 Å². The van der Waals surface area contributed by atoms with Crippen molar-refractivity contribution in [2.24, 2.45) is 0 Å². The van der Waals surface area contributed by atoms with E-state index >= 15 is 0 Å². The van der Waals surface area contributed by atoms with Gasteiger partial charge in [0.25, 0.3) is 6.43 Å². The lowest BCUT2D eigenvalue weighted by molar-refractivity contribution is -0.0317. The minimum atomic E-state index is -2.62. The van der Waals surface area contributed by atoms with Gasteiger partial charge in [0.2, 0.25) is 5.88 Å². The van der Waals surface area contributed by atoms with Gasteiger partial charge in [0.1, 0.15) is 21.5 Å². The van der Waals surface area contributed by atoms with E-state index in [1.54, 1.807) is 29.5 Å². The van der Waals surface area contributed by atoms with E-state index in [4.69, 9.17) is 4.74 Å². The van der Waals surface area contributed by atoms with Gasteiger partial charge in [-0.15, -0.1) is 0 Å². The highest BCUT2D eigenvalue weighted by molar-refractivity contribution is 14.1. The van der Waals surface area contributed by atoms with Crippen LogP contribution in [0, 0.1) is 3.57 Å². The van der Waals surface area contributed by atoms with E-state index in [0.29, 0.717) is 9.45 Å². The standard InChI is InChI=1S/C8H9F2IN2O2/c1-8(14)2-13-7(15-3-8)4(11)5(12-13)6(9)10/h6,14H,2-3H2,1H3/t8-/m0/s1. The van der Waals surface area contributed by atoms with Crippen molar-refractivity contribution in [3.8, 4) is 5.88 Å². The van der Waals surface area contributed by atoms with E-state index in [2.05, 4.69) is 5.10 Å². The van der Waals surface area contributed by atoms with Gasteiger partial charge in [-0.25, -0.2) is 13.5 Å². The fourth-order valence-corrected chi connectivity index (χ4v) is 2.20. The molecule has 1 aromatic rings. The molecule has 0 saturated heterocycles. The van der Waals surface area contributed by atoms with Gasteiger partial charge in [-0.2, -0.15) is 5.10 Å². The summed E-state index contributed by atoms with van der Waals surface area (Å²) in [6.07, 6.45) is -2.62. The molecule has 1 aliphatic heterocycles. The van der Waals surface area contributed by atoms with E-state index in [-0.39, 0.29) is 18.8 Å². The van der Waals surface area contributed by atoms with Crippen LogP contribution >= 0.6 is 22.6 Å². The molecule has 0 radical (unpaired) electrons. The average Bonchev–Trinajstić information content (AvgIpc) is 2.41. The molecule has 0 spiro atoms. The lowest BCUT2D eigenvalue weighted by Gasteiger charge is -2.28. The summed E-state index contributed by atoms with van der Waals surface area (Å²) in [5.41, 5.74) is -1.34. The molecule has 1 atom stereocenters. The predicted octanol–water partition coefficient (Wildman–Crippen LogP) is 1.57.